The number of rotatable bonds is 2. The van der Waals surface area contributed by atoms with Crippen molar-refractivity contribution in [1.82, 2.24) is 4.98 Å². The Bertz CT molecular complexity index is 250. The van der Waals surface area contributed by atoms with Gasteiger partial charge in [-0.25, -0.2) is 4.98 Å². The van der Waals surface area contributed by atoms with Gasteiger partial charge in [-0.1, -0.05) is 6.92 Å². The van der Waals surface area contributed by atoms with Crippen LogP contribution in [0.4, 0.5) is 0 Å². The molecule has 0 unspecified atom stereocenters. The van der Waals surface area contributed by atoms with E-state index in [1.807, 2.05) is 12.1 Å². The predicted octanol–water partition coefficient (Wildman–Crippen LogP) is 2.42. The molecular formula is C8H10BrNO. The number of aryl methyl sites for hydroxylation is 1. The molecule has 1 heterocycles. The molecule has 1 aromatic heterocycles. The highest BCUT2D eigenvalue weighted by molar-refractivity contribution is 9.10. The SMILES string of the molecule is CCc1ccc(OC)c(Br)n1. The van der Waals surface area contributed by atoms with Crippen LogP contribution in [0, 0.1) is 0 Å². The summed E-state index contributed by atoms with van der Waals surface area (Å²) in [6.07, 6.45) is 0.947. The van der Waals surface area contributed by atoms with Crippen LogP contribution < -0.4 is 4.74 Å². The van der Waals surface area contributed by atoms with Crippen LogP contribution in [0.1, 0.15) is 12.6 Å². The highest BCUT2D eigenvalue weighted by atomic mass is 79.9. The van der Waals surface area contributed by atoms with Crippen molar-refractivity contribution in [3.8, 4) is 5.75 Å². The van der Waals surface area contributed by atoms with Crippen molar-refractivity contribution in [2.24, 2.45) is 0 Å². The summed E-state index contributed by atoms with van der Waals surface area (Å²) in [6, 6.07) is 3.87. The van der Waals surface area contributed by atoms with E-state index >= 15 is 0 Å². The van der Waals surface area contributed by atoms with Gasteiger partial charge in [0.05, 0.1) is 7.11 Å². The van der Waals surface area contributed by atoms with E-state index in [1.54, 1.807) is 7.11 Å². The first-order valence-electron chi connectivity index (χ1n) is 3.47. The second kappa shape index (κ2) is 3.72. The van der Waals surface area contributed by atoms with Crippen molar-refractivity contribution >= 4 is 15.9 Å². The van der Waals surface area contributed by atoms with Crippen molar-refractivity contribution in [1.29, 1.82) is 0 Å². The third kappa shape index (κ3) is 1.93. The van der Waals surface area contributed by atoms with Crippen molar-refractivity contribution in [3.05, 3.63) is 22.4 Å². The molecule has 0 N–H and O–H groups in total. The number of hydrogen-bond acceptors (Lipinski definition) is 2. The lowest BCUT2D eigenvalue weighted by Crippen LogP contribution is -1.91. The smallest absolute Gasteiger partial charge is 0.151 e. The maximum Gasteiger partial charge on any atom is 0.151 e. The highest BCUT2D eigenvalue weighted by Crippen LogP contribution is 2.21. The van der Waals surface area contributed by atoms with Crippen LogP contribution >= 0.6 is 15.9 Å². The number of nitrogens with zero attached hydrogens (tertiary/aromatic N) is 1. The monoisotopic (exact) mass is 215 g/mol. The molecule has 0 spiro atoms. The minimum atomic E-state index is 0.777. The molecule has 1 aromatic rings. The van der Waals surface area contributed by atoms with Crippen molar-refractivity contribution in [2.75, 3.05) is 7.11 Å². The minimum Gasteiger partial charge on any atom is -0.494 e. The zero-order valence-corrected chi connectivity index (χ0v) is 8.18. The molecule has 0 aliphatic carbocycles. The fourth-order valence-electron chi connectivity index (χ4n) is 0.808. The van der Waals surface area contributed by atoms with E-state index in [1.165, 1.54) is 0 Å². The first-order chi connectivity index (χ1) is 5.27. The maximum absolute atomic E-state index is 5.04. The van der Waals surface area contributed by atoms with Gasteiger partial charge in [-0.15, -0.1) is 0 Å². The standard InChI is InChI=1S/C8H10BrNO/c1-3-6-4-5-7(11-2)8(9)10-6/h4-5H,3H2,1-2H3. The number of halogens is 1. The van der Waals surface area contributed by atoms with E-state index < -0.39 is 0 Å². The number of aromatic nitrogens is 1. The van der Waals surface area contributed by atoms with Crippen LogP contribution in [0.3, 0.4) is 0 Å². The van der Waals surface area contributed by atoms with E-state index in [0.717, 1.165) is 22.5 Å². The molecule has 0 atom stereocenters. The van der Waals surface area contributed by atoms with Crippen LogP contribution in [0.5, 0.6) is 5.75 Å². The Kier molecular flexibility index (Phi) is 2.88. The molecule has 60 valence electrons. The van der Waals surface area contributed by atoms with Crippen molar-refractivity contribution in [2.45, 2.75) is 13.3 Å². The molecule has 0 saturated carbocycles. The molecule has 0 fully saturated rings. The van der Waals surface area contributed by atoms with Gasteiger partial charge < -0.3 is 4.74 Å². The maximum atomic E-state index is 5.04. The molecular weight excluding hydrogens is 206 g/mol. The predicted molar refractivity (Wildman–Crippen MR) is 47.9 cm³/mol. The average Bonchev–Trinajstić information content (AvgIpc) is 2.04. The Morgan fingerprint density at radius 2 is 2.27 bits per heavy atom. The van der Waals surface area contributed by atoms with E-state index in [4.69, 9.17) is 4.74 Å². The lowest BCUT2D eigenvalue weighted by atomic mass is 10.3. The van der Waals surface area contributed by atoms with Gasteiger partial charge >= 0.3 is 0 Å². The molecule has 0 aromatic carbocycles. The molecule has 2 nitrogen and oxygen atoms in total. The topological polar surface area (TPSA) is 22.1 Å². The van der Waals surface area contributed by atoms with Gasteiger partial charge in [0, 0.05) is 5.69 Å². The number of hydrogen-bond donors (Lipinski definition) is 0. The van der Waals surface area contributed by atoms with Gasteiger partial charge in [-0.05, 0) is 34.5 Å². The van der Waals surface area contributed by atoms with Gasteiger partial charge in [0.2, 0.25) is 0 Å². The molecule has 11 heavy (non-hydrogen) atoms. The van der Waals surface area contributed by atoms with E-state index in [-0.39, 0.29) is 0 Å². The van der Waals surface area contributed by atoms with E-state index in [0.29, 0.717) is 0 Å². The Morgan fingerprint density at radius 3 is 2.73 bits per heavy atom. The lowest BCUT2D eigenvalue weighted by Gasteiger charge is -2.02. The summed E-state index contributed by atoms with van der Waals surface area (Å²) in [5.74, 6) is 0.780. The Hall–Kier alpha value is -0.570. The van der Waals surface area contributed by atoms with Crippen LogP contribution in [0.2, 0.25) is 0 Å². The van der Waals surface area contributed by atoms with Crippen LogP contribution in [-0.4, -0.2) is 12.1 Å². The molecule has 1 rings (SSSR count). The number of methoxy groups -OCH3 is 1. The normalized spacial score (nSPS) is 9.73. The summed E-state index contributed by atoms with van der Waals surface area (Å²) >= 11 is 3.31. The molecule has 0 radical (unpaired) electrons. The molecule has 3 heteroatoms. The van der Waals surface area contributed by atoms with E-state index in [2.05, 4.69) is 27.8 Å². The summed E-state index contributed by atoms with van der Waals surface area (Å²) < 4.78 is 5.81. The quantitative estimate of drug-likeness (QED) is 0.708. The Morgan fingerprint density at radius 1 is 1.55 bits per heavy atom. The van der Waals surface area contributed by atoms with Crippen LogP contribution in [0.25, 0.3) is 0 Å². The Balaban J connectivity index is 2.99. The summed E-state index contributed by atoms with van der Waals surface area (Å²) in [7, 11) is 1.63. The van der Waals surface area contributed by atoms with Gasteiger partial charge in [-0.3, -0.25) is 0 Å². The molecule has 0 amide bonds. The van der Waals surface area contributed by atoms with Gasteiger partial charge in [0.1, 0.15) is 4.60 Å². The van der Waals surface area contributed by atoms with Crippen molar-refractivity contribution < 1.29 is 4.74 Å². The highest BCUT2D eigenvalue weighted by Gasteiger charge is 2.00. The molecule has 0 aliphatic heterocycles. The van der Waals surface area contributed by atoms with Gasteiger partial charge in [0.25, 0.3) is 0 Å². The third-order valence-electron chi connectivity index (χ3n) is 1.45. The molecule has 0 aliphatic rings. The first kappa shape index (κ1) is 8.53. The van der Waals surface area contributed by atoms with Crippen molar-refractivity contribution in [3.63, 3.8) is 0 Å². The zero-order chi connectivity index (χ0) is 8.27. The second-order valence-corrected chi connectivity index (χ2v) is 2.90. The fraction of sp³-hybridized carbons (Fsp3) is 0.375. The lowest BCUT2D eigenvalue weighted by molar-refractivity contribution is 0.409. The van der Waals surface area contributed by atoms with Gasteiger partial charge in [-0.2, -0.15) is 0 Å². The largest absolute Gasteiger partial charge is 0.494 e. The minimum absolute atomic E-state index is 0.777. The zero-order valence-electron chi connectivity index (χ0n) is 6.60. The second-order valence-electron chi connectivity index (χ2n) is 2.15. The summed E-state index contributed by atoms with van der Waals surface area (Å²) in [4.78, 5) is 4.25. The molecule has 0 bridgehead atoms. The van der Waals surface area contributed by atoms with Crippen LogP contribution in [-0.2, 0) is 6.42 Å². The summed E-state index contributed by atoms with van der Waals surface area (Å²) in [6.45, 7) is 2.07. The number of pyridine rings is 1. The van der Waals surface area contributed by atoms with E-state index in [9.17, 15) is 0 Å². The fourth-order valence-corrected chi connectivity index (χ4v) is 1.33. The Labute approximate surface area is 74.7 Å². The molecule has 0 saturated heterocycles. The van der Waals surface area contributed by atoms with Crippen LogP contribution in [0.15, 0.2) is 16.7 Å². The van der Waals surface area contributed by atoms with Gasteiger partial charge in [0.15, 0.2) is 5.75 Å². The first-order valence-corrected chi connectivity index (χ1v) is 4.26. The average molecular weight is 216 g/mol. The number of ether oxygens (including phenoxy) is 1. The summed E-state index contributed by atoms with van der Waals surface area (Å²) in [5.41, 5.74) is 1.07. The third-order valence-corrected chi connectivity index (χ3v) is 2.02. The summed E-state index contributed by atoms with van der Waals surface area (Å²) in [5, 5.41) is 0.